The Morgan fingerprint density at radius 2 is 2.24 bits per heavy atom. The normalized spacial score (nSPS) is 19.3. The molecule has 2 atom stereocenters. The van der Waals surface area contributed by atoms with Crippen LogP contribution in [-0.2, 0) is 13.0 Å². The Hall–Kier alpha value is -1.86. The van der Waals surface area contributed by atoms with E-state index < -0.39 is 17.7 Å². The molecule has 1 aromatic heterocycles. The Bertz CT molecular complexity index is 631. The van der Waals surface area contributed by atoms with E-state index in [0.29, 0.717) is 12.1 Å². The summed E-state index contributed by atoms with van der Waals surface area (Å²) in [6.07, 6.45) is 2.40. The molecule has 2 unspecified atom stereocenters. The van der Waals surface area contributed by atoms with Gasteiger partial charge >= 0.3 is 0 Å². The second kappa shape index (κ2) is 5.87. The molecule has 2 aromatic rings. The summed E-state index contributed by atoms with van der Waals surface area (Å²) in [4.78, 5) is 4.15. The number of nitrogens with one attached hydrogen (secondary N) is 1. The third-order valence-corrected chi connectivity index (χ3v) is 3.73. The summed E-state index contributed by atoms with van der Waals surface area (Å²) in [6, 6.07) is 3.62. The number of aliphatic hydroxyl groups excluding tert-OH is 1. The predicted molar refractivity (Wildman–Crippen MR) is 71.5 cm³/mol. The highest BCUT2D eigenvalue weighted by Crippen LogP contribution is 2.17. The first-order chi connectivity index (χ1) is 10.1. The van der Waals surface area contributed by atoms with Gasteiger partial charge in [0, 0.05) is 19.0 Å². The first-order valence-corrected chi connectivity index (χ1v) is 6.86. The highest BCUT2D eigenvalue weighted by atomic mass is 19.2. The molecule has 0 saturated heterocycles. The van der Waals surface area contributed by atoms with Crippen molar-refractivity contribution in [2.75, 3.05) is 6.54 Å². The van der Waals surface area contributed by atoms with Gasteiger partial charge in [0.15, 0.2) is 11.6 Å². The summed E-state index contributed by atoms with van der Waals surface area (Å²) < 4.78 is 27.8. The van der Waals surface area contributed by atoms with Crippen LogP contribution in [0.1, 0.15) is 23.9 Å². The smallest absolute Gasteiger partial charge is 0.159 e. The molecule has 3 rings (SSSR count). The molecule has 0 amide bonds. The molecule has 1 aliphatic heterocycles. The molecule has 7 heteroatoms. The zero-order valence-corrected chi connectivity index (χ0v) is 11.3. The van der Waals surface area contributed by atoms with Crippen molar-refractivity contribution in [1.82, 2.24) is 20.1 Å². The molecule has 0 spiro atoms. The number of nitrogens with zero attached hydrogens (tertiary/aromatic N) is 3. The second-order valence-electron chi connectivity index (χ2n) is 5.19. The van der Waals surface area contributed by atoms with Crippen molar-refractivity contribution in [1.29, 1.82) is 0 Å². The average Bonchev–Trinajstić information content (AvgIpc) is 2.95. The van der Waals surface area contributed by atoms with Crippen molar-refractivity contribution in [2.24, 2.45) is 0 Å². The van der Waals surface area contributed by atoms with Crippen LogP contribution in [0.15, 0.2) is 24.5 Å². The van der Waals surface area contributed by atoms with Gasteiger partial charge in [0.1, 0.15) is 12.2 Å². The fourth-order valence-electron chi connectivity index (χ4n) is 2.52. The van der Waals surface area contributed by atoms with Crippen molar-refractivity contribution in [3.8, 4) is 0 Å². The Balaban J connectivity index is 1.56. The third-order valence-electron chi connectivity index (χ3n) is 3.73. The number of benzene rings is 1. The van der Waals surface area contributed by atoms with Crippen LogP contribution in [0.4, 0.5) is 8.78 Å². The zero-order chi connectivity index (χ0) is 14.8. The van der Waals surface area contributed by atoms with Gasteiger partial charge in [0.25, 0.3) is 0 Å². The SMILES string of the molecule is OC(CNC1CCc2ncnn2C1)c1ccc(F)c(F)c1. The van der Waals surface area contributed by atoms with E-state index in [-0.39, 0.29) is 12.6 Å². The van der Waals surface area contributed by atoms with E-state index in [4.69, 9.17) is 0 Å². The van der Waals surface area contributed by atoms with Crippen LogP contribution in [-0.4, -0.2) is 32.5 Å². The van der Waals surface area contributed by atoms with Crippen LogP contribution in [0.2, 0.25) is 0 Å². The number of aliphatic hydroxyl groups is 1. The van der Waals surface area contributed by atoms with Crippen LogP contribution in [0, 0.1) is 11.6 Å². The molecule has 2 heterocycles. The molecule has 1 aromatic carbocycles. The molecule has 0 radical (unpaired) electrons. The first-order valence-electron chi connectivity index (χ1n) is 6.86. The fourth-order valence-corrected chi connectivity index (χ4v) is 2.52. The highest BCUT2D eigenvalue weighted by molar-refractivity contribution is 5.20. The summed E-state index contributed by atoms with van der Waals surface area (Å²) in [6.45, 7) is 0.972. The van der Waals surface area contributed by atoms with Gasteiger partial charge in [0.2, 0.25) is 0 Å². The summed E-state index contributed by atoms with van der Waals surface area (Å²) in [5, 5.41) is 17.4. The van der Waals surface area contributed by atoms with Crippen molar-refractivity contribution < 1.29 is 13.9 Å². The molecular formula is C14H16F2N4O. The van der Waals surface area contributed by atoms with Gasteiger partial charge in [-0.25, -0.2) is 18.4 Å². The van der Waals surface area contributed by atoms with Crippen LogP contribution in [0.25, 0.3) is 0 Å². The lowest BCUT2D eigenvalue weighted by molar-refractivity contribution is 0.164. The zero-order valence-electron chi connectivity index (χ0n) is 11.3. The topological polar surface area (TPSA) is 63.0 Å². The molecule has 0 bridgehead atoms. The van der Waals surface area contributed by atoms with Crippen LogP contribution < -0.4 is 5.32 Å². The number of hydrogen-bond acceptors (Lipinski definition) is 4. The van der Waals surface area contributed by atoms with Crippen molar-refractivity contribution in [2.45, 2.75) is 31.5 Å². The van der Waals surface area contributed by atoms with Gasteiger partial charge in [-0.2, -0.15) is 5.10 Å². The van der Waals surface area contributed by atoms with E-state index in [1.54, 1.807) is 0 Å². The van der Waals surface area contributed by atoms with E-state index in [1.807, 2.05) is 4.68 Å². The molecule has 112 valence electrons. The van der Waals surface area contributed by atoms with Crippen LogP contribution in [0.3, 0.4) is 0 Å². The number of aryl methyl sites for hydroxylation is 1. The molecule has 1 aliphatic rings. The van der Waals surface area contributed by atoms with E-state index >= 15 is 0 Å². The van der Waals surface area contributed by atoms with E-state index in [0.717, 1.165) is 30.8 Å². The van der Waals surface area contributed by atoms with Gasteiger partial charge < -0.3 is 10.4 Å². The maximum Gasteiger partial charge on any atom is 0.159 e. The lowest BCUT2D eigenvalue weighted by Gasteiger charge is -2.25. The largest absolute Gasteiger partial charge is 0.387 e. The van der Waals surface area contributed by atoms with Crippen molar-refractivity contribution in [3.05, 3.63) is 47.5 Å². The van der Waals surface area contributed by atoms with Crippen LogP contribution in [0.5, 0.6) is 0 Å². The number of halogens is 2. The lowest BCUT2D eigenvalue weighted by atomic mass is 10.1. The summed E-state index contributed by atoms with van der Waals surface area (Å²) in [7, 11) is 0. The van der Waals surface area contributed by atoms with E-state index in [9.17, 15) is 13.9 Å². The standard InChI is InChI=1S/C14H16F2N4O/c15-11-3-1-9(5-12(11)16)13(21)6-17-10-2-4-14-18-8-19-20(14)7-10/h1,3,5,8,10,13,17,21H,2,4,6-7H2. The number of aromatic nitrogens is 3. The summed E-state index contributed by atoms with van der Waals surface area (Å²) in [5.74, 6) is -0.893. The minimum atomic E-state index is -0.948. The Kier molecular flexibility index (Phi) is 3.94. The Labute approximate surface area is 120 Å². The molecule has 0 aliphatic carbocycles. The first kappa shape index (κ1) is 14.1. The second-order valence-corrected chi connectivity index (χ2v) is 5.19. The number of rotatable bonds is 4. The summed E-state index contributed by atoms with van der Waals surface area (Å²) >= 11 is 0. The van der Waals surface area contributed by atoms with Gasteiger partial charge in [-0.1, -0.05) is 6.07 Å². The number of hydrogen-bond donors (Lipinski definition) is 2. The van der Waals surface area contributed by atoms with Crippen LogP contribution >= 0.6 is 0 Å². The maximum absolute atomic E-state index is 13.1. The average molecular weight is 294 g/mol. The minimum absolute atomic E-state index is 0.180. The maximum atomic E-state index is 13.1. The molecule has 2 N–H and O–H groups in total. The monoisotopic (exact) mass is 294 g/mol. The predicted octanol–water partition coefficient (Wildman–Crippen LogP) is 1.19. The van der Waals surface area contributed by atoms with Gasteiger partial charge in [-0.15, -0.1) is 0 Å². The van der Waals surface area contributed by atoms with Crippen molar-refractivity contribution in [3.63, 3.8) is 0 Å². The molecule has 21 heavy (non-hydrogen) atoms. The molecule has 5 nitrogen and oxygen atoms in total. The summed E-state index contributed by atoms with van der Waals surface area (Å²) in [5.41, 5.74) is 0.360. The third kappa shape index (κ3) is 3.08. The van der Waals surface area contributed by atoms with Gasteiger partial charge in [-0.05, 0) is 24.1 Å². The minimum Gasteiger partial charge on any atom is -0.387 e. The quantitative estimate of drug-likeness (QED) is 0.889. The molecule has 0 fully saturated rings. The lowest BCUT2D eigenvalue weighted by Crippen LogP contribution is -2.39. The molecule has 0 saturated carbocycles. The number of fused-ring (bicyclic) bond motifs is 1. The van der Waals surface area contributed by atoms with Crippen molar-refractivity contribution >= 4 is 0 Å². The fraction of sp³-hybridized carbons (Fsp3) is 0.429. The molecular weight excluding hydrogens is 278 g/mol. The van der Waals surface area contributed by atoms with E-state index in [2.05, 4.69) is 15.4 Å². The Morgan fingerprint density at radius 1 is 1.38 bits per heavy atom. The van der Waals surface area contributed by atoms with Gasteiger partial charge in [0.05, 0.1) is 12.6 Å². The highest BCUT2D eigenvalue weighted by Gasteiger charge is 2.20. The van der Waals surface area contributed by atoms with Gasteiger partial charge in [-0.3, -0.25) is 0 Å². The van der Waals surface area contributed by atoms with E-state index in [1.165, 1.54) is 12.4 Å². The Morgan fingerprint density at radius 3 is 3.05 bits per heavy atom.